The van der Waals surface area contributed by atoms with Crippen LogP contribution in [0.15, 0.2) is 12.4 Å². The Morgan fingerprint density at radius 1 is 1.26 bits per heavy atom. The van der Waals surface area contributed by atoms with Gasteiger partial charge in [0.2, 0.25) is 0 Å². The lowest BCUT2D eigenvalue weighted by molar-refractivity contribution is 0.417. The van der Waals surface area contributed by atoms with Gasteiger partial charge < -0.3 is 15.1 Å². The molecule has 5 heteroatoms. The highest BCUT2D eigenvalue weighted by Gasteiger charge is 2.17. The van der Waals surface area contributed by atoms with Crippen LogP contribution in [0, 0.1) is 5.41 Å². The van der Waals surface area contributed by atoms with Crippen molar-refractivity contribution < 1.29 is 0 Å². The molecule has 0 aliphatic carbocycles. The lowest BCUT2D eigenvalue weighted by Gasteiger charge is -2.30. The van der Waals surface area contributed by atoms with E-state index in [0.29, 0.717) is 0 Å². The van der Waals surface area contributed by atoms with Gasteiger partial charge in [-0.05, 0) is 5.41 Å². The van der Waals surface area contributed by atoms with Crippen LogP contribution in [0.2, 0.25) is 0 Å². The van der Waals surface area contributed by atoms with E-state index in [1.54, 1.807) is 6.33 Å². The SMILES string of the molecule is CN(CC(C)(C)C)c1cc(N2CCNCC2)ncn1. The maximum absolute atomic E-state index is 4.40. The van der Waals surface area contributed by atoms with E-state index in [-0.39, 0.29) is 5.41 Å². The van der Waals surface area contributed by atoms with Crippen molar-refractivity contribution in [2.45, 2.75) is 20.8 Å². The summed E-state index contributed by atoms with van der Waals surface area (Å²) in [6.45, 7) is 11.8. The molecule has 0 saturated carbocycles. The highest BCUT2D eigenvalue weighted by atomic mass is 15.2. The topological polar surface area (TPSA) is 44.3 Å². The largest absolute Gasteiger partial charge is 0.359 e. The average Bonchev–Trinajstić information content (AvgIpc) is 2.38. The van der Waals surface area contributed by atoms with Gasteiger partial charge in [-0.15, -0.1) is 0 Å². The van der Waals surface area contributed by atoms with Crippen molar-refractivity contribution in [2.24, 2.45) is 5.41 Å². The summed E-state index contributed by atoms with van der Waals surface area (Å²) in [5.74, 6) is 2.03. The number of piperazine rings is 1. The third-order valence-corrected chi connectivity index (χ3v) is 3.18. The molecule has 0 bridgehead atoms. The molecule has 0 unspecified atom stereocenters. The number of hydrogen-bond donors (Lipinski definition) is 1. The fourth-order valence-electron chi connectivity index (χ4n) is 2.41. The Morgan fingerprint density at radius 2 is 1.95 bits per heavy atom. The molecule has 1 N–H and O–H groups in total. The first-order valence-corrected chi connectivity index (χ1v) is 6.94. The van der Waals surface area contributed by atoms with Crippen molar-refractivity contribution in [1.29, 1.82) is 0 Å². The Kier molecular flexibility index (Phi) is 4.24. The van der Waals surface area contributed by atoms with Gasteiger partial charge in [-0.3, -0.25) is 0 Å². The van der Waals surface area contributed by atoms with Crippen LogP contribution in [0.5, 0.6) is 0 Å². The van der Waals surface area contributed by atoms with Gasteiger partial charge in [0.15, 0.2) is 0 Å². The highest BCUT2D eigenvalue weighted by Crippen LogP contribution is 2.21. The van der Waals surface area contributed by atoms with Gasteiger partial charge in [0.05, 0.1) is 0 Å². The number of hydrogen-bond acceptors (Lipinski definition) is 5. The molecule has 1 fully saturated rings. The van der Waals surface area contributed by atoms with E-state index in [9.17, 15) is 0 Å². The highest BCUT2D eigenvalue weighted by molar-refractivity contribution is 5.50. The van der Waals surface area contributed by atoms with Crippen LogP contribution in [0.4, 0.5) is 11.6 Å². The first-order valence-electron chi connectivity index (χ1n) is 6.94. The van der Waals surface area contributed by atoms with E-state index < -0.39 is 0 Å². The first kappa shape index (κ1) is 14.1. The lowest BCUT2D eigenvalue weighted by Crippen LogP contribution is -2.44. The van der Waals surface area contributed by atoms with Gasteiger partial charge in [-0.25, -0.2) is 9.97 Å². The van der Waals surface area contributed by atoms with Crippen LogP contribution in [-0.2, 0) is 0 Å². The van der Waals surface area contributed by atoms with Crippen molar-refractivity contribution >= 4 is 11.6 Å². The quantitative estimate of drug-likeness (QED) is 0.892. The Bertz CT molecular complexity index is 407. The number of nitrogens with one attached hydrogen (secondary N) is 1. The summed E-state index contributed by atoms with van der Waals surface area (Å²) in [5, 5.41) is 3.36. The Morgan fingerprint density at radius 3 is 2.58 bits per heavy atom. The van der Waals surface area contributed by atoms with Crippen LogP contribution in [0.25, 0.3) is 0 Å². The van der Waals surface area contributed by atoms with Gasteiger partial charge in [0.25, 0.3) is 0 Å². The number of aromatic nitrogens is 2. The predicted octanol–water partition coefficient (Wildman–Crippen LogP) is 1.37. The first-order chi connectivity index (χ1) is 8.96. The second-order valence-corrected chi connectivity index (χ2v) is 6.39. The molecule has 0 atom stereocenters. The molecular formula is C14H25N5. The second kappa shape index (κ2) is 5.74. The van der Waals surface area contributed by atoms with Crippen LogP contribution < -0.4 is 15.1 Å². The molecule has 2 rings (SSSR count). The van der Waals surface area contributed by atoms with Crippen molar-refractivity contribution in [2.75, 3.05) is 49.6 Å². The maximum Gasteiger partial charge on any atom is 0.134 e. The monoisotopic (exact) mass is 263 g/mol. The normalized spacial score (nSPS) is 16.5. The molecule has 19 heavy (non-hydrogen) atoms. The zero-order valence-electron chi connectivity index (χ0n) is 12.5. The van der Waals surface area contributed by atoms with E-state index >= 15 is 0 Å². The fraction of sp³-hybridized carbons (Fsp3) is 0.714. The van der Waals surface area contributed by atoms with Gasteiger partial charge in [-0.1, -0.05) is 20.8 Å². The number of rotatable bonds is 3. The molecule has 1 saturated heterocycles. The minimum absolute atomic E-state index is 0.259. The molecule has 0 amide bonds. The Balaban J connectivity index is 2.09. The molecular weight excluding hydrogens is 238 g/mol. The van der Waals surface area contributed by atoms with E-state index in [1.807, 2.05) is 0 Å². The van der Waals surface area contributed by atoms with Crippen molar-refractivity contribution in [3.05, 3.63) is 12.4 Å². The number of nitrogens with zero attached hydrogens (tertiary/aromatic N) is 4. The minimum atomic E-state index is 0.259. The lowest BCUT2D eigenvalue weighted by atomic mass is 9.96. The van der Waals surface area contributed by atoms with Crippen LogP contribution >= 0.6 is 0 Å². The summed E-state index contributed by atoms with van der Waals surface area (Å²) in [6.07, 6.45) is 1.67. The van der Waals surface area contributed by atoms with Crippen molar-refractivity contribution in [3.63, 3.8) is 0 Å². The average molecular weight is 263 g/mol. The molecule has 5 nitrogen and oxygen atoms in total. The van der Waals surface area contributed by atoms with E-state index in [1.165, 1.54) is 0 Å². The standard InChI is InChI=1S/C14H25N5/c1-14(2,3)10-18(4)12-9-13(17-11-16-12)19-7-5-15-6-8-19/h9,11,15H,5-8,10H2,1-4H3. The molecule has 0 radical (unpaired) electrons. The molecule has 0 aromatic carbocycles. The predicted molar refractivity (Wildman–Crippen MR) is 79.8 cm³/mol. The molecule has 0 spiro atoms. The maximum atomic E-state index is 4.40. The van der Waals surface area contributed by atoms with Gasteiger partial charge in [-0.2, -0.15) is 0 Å². The molecule has 1 aliphatic heterocycles. The summed E-state index contributed by atoms with van der Waals surface area (Å²) >= 11 is 0. The van der Waals surface area contributed by atoms with Crippen molar-refractivity contribution in [3.8, 4) is 0 Å². The van der Waals surface area contributed by atoms with Crippen LogP contribution in [-0.4, -0.2) is 49.7 Å². The van der Waals surface area contributed by atoms with E-state index in [2.05, 4.69) is 59.0 Å². The number of anilines is 2. The smallest absolute Gasteiger partial charge is 0.134 e. The third-order valence-electron chi connectivity index (χ3n) is 3.18. The van der Waals surface area contributed by atoms with Gasteiger partial charge in [0, 0.05) is 45.8 Å². The Hall–Kier alpha value is -1.36. The van der Waals surface area contributed by atoms with Gasteiger partial charge in [0.1, 0.15) is 18.0 Å². The van der Waals surface area contributed by atoms with E-state index in [0.717, 1.165) is 44.4 Å². The molecule has 106 valence electrons. The van der Waals surface area contributed by atoms with Crippen molar-refractivity contribution in [1.82, 2.24) is 15.3 Å². The van der Waals surface area contributed by atoms with Crippen LogP contribution in [0.1, 0.15) is 20.8 Å². The molecule has 1 aliphatic rings. The molecule has 1 aromatic heterocycles. The minimum Gasteiger partial charge on any atom is -0.359 e. The summed E-state index contributed by atoms with van der Waals surface area (Å²) in [5.41, 5.74) is 0.259. The summed E-state index contributed by atoms with van der Waals surface area (Å²) in [7, 11) is 2.09. The Labute approximate surface area is 116 Å². The summed E-state index contributed by atoms with van der Waals surface area (Å²) in [6, 6.07) is 2.09. The molecule has 1 aromatic rings. The van der Waals surface area contributed by atoms with Crippen LogP contribution in [0.3, 0.4) is 0 Å². The molecule has 2 heterocycles. The summed E-state index contributed by atoms with van der Waals surface area (Å²) in [4.78, 5) is 13.3. The zero-order chi connectivity index (χ0) is 13.9. The fourth-order valence-corrected chi connectivity index (χ4v) is 2.41. The van der Waals surface area contributed by atoms with E-state index in [4.69, 9.17) is 0 Å². The third kappa shape index (κ3) is 4.06. The van der Waals surface area contributed by atoms with Gasteiger partial charge >= 0.3 is 0 Å². The zero-order valence-corrected chi connectivity index (χ0v) is 12.5. The second-order valence-electron chi connectivity index (χ2n) is 6.39. The summed E-state index contributed by atoms with van der Waals surface area (Å²) < 4.78 is 0.